The monoisotopic (exact) mass is 324 g/mol. The molecule has 0 fully saturated rings. The molecular weight excluding hydrogens is 308 g/mol. The van der Waals surface area contributed by atoms with Crippen LogP contribution in [0.15, 0.2) is 36.8 Å². The fourth-order valence-corrected chi connectivity index (χ4v) is 2.90. The number of anilines is 1. The van der Waals surface area contributed by atoms with Crippen LogP contribution in [0.2, 0.25) is 0 Å². The Bertz CT molecular complexity index is 933. The number of aryl methyl sites for hydroxylation is 1. The summed E-state index contributed by atoms with van der Waals surface area (Å²) in [5, 5.41) is 7.99. The summed E-state index contributed by atoms with van der Waals surface area (Å²) in [6.45, 7) is -0.250. The molecule has 3 aromatic heterocycles. The fourth-order valence-electron chi connectivity index (χ4n) is 2.90. The van der Waals surface area contributed by atoms with Gasteiger partial charge in [-0.25, -0.2) is 9.97 Å². The molecule has 1 N–H and O–H groups in total. The zero-order valence-electron chi connectivity index (χ0n) is 13.3. The summed E-state index contributed by atoms with van der Waals surface area (Å²) in [5.74, 6) is 0.858. The number of carbonyl (C=O) groups is 2. The average Bonchev–Trinajstić information content (AvgIpc) is 3.09. The first kappa shape index (κ1) is 15.7. The molecule has 7 nitrogen and oxygen atoms in total. The maximum atomic E-state index is 11.8. The first-order chi connectivity index (χ1) is 11.6. The lowest BCUT2D eigenvalue weighted by Crippen LogP contribution is -2.21. The lowest BCUT2D eigenvalue weighted by molar-refractivity contribution is -0.123. The van der Waals surface area contributed by atoms with Crippen molar-refractivity contribution >= 4 is 29.2 Å². The SMILES string of the molecule is CN1C(=O)Cc2cc(-c3ccnc4c3ccn4C)cnc21.O=CO. The highest BCUT2D eigenvalue weighted by molar-refractivity contribution is 6.01. The van der Waals surface area contributed by atoms with Crippen molar-refractivity contribution in [2.24, 2.45) is 7.05 Å². The van der Waals surface area contributed by atoms with E-state index in [-0.39, 0.29) is 12.4 Å². The number of carboxylic acid groups (broad SMARTS) is 1. The van der Waals surface area contributed by atoms with E-state index in [1.807, 2.05) is 36.3 Å². The minimum atomic E-state index is -0.250. The van der Waals surface area contributed by atoms with E-state index in [9.17, 15) is 4.79 Å². The van der Waals surface area contributed by atoms with E-state index in [1.54, 1.807) is 11.9 Å². The van der Waals surface area contributed by atoms with Crippen LogP contribution in [0.1, 0.15) is 5.56 Å². The Balaban J connectivity index is 0.000000526. The number of fused-ring (bicyclic) bond motifs is 2. The number of amides is 1. The number of aromatic nitrogens is 3. The van der Waals surface area contributed by atoms with Gasteiger partial charge >= 0.3 is 0 Å². The van der Waals surface area contributed by atoms with Crippen LogP contribution >= 0.6 is 0 Å². The molecule has 1 aliphatic rings. The maximum Gasteiger partial charge on any atom is 0.290 e. The van der Waals surface area contributed by atoms with E-state index in [1.165, 1.54) is 0 Å². The number of nitrogens with zero attached hydrogens (tertiary/aromatic N) is 4. The Hall–Kier alpha value is -3.22. The molecule has 0 aliphatic carbocycles. The van der Waals surface area contributed by atoms with Gasteiger partial charge in [-0.15, -0.1) is 0 Å². The Morgan fingerprint density at radius 3 is 2.75 bits per heavy atom. The van der Waals surface area contributed by atoms with Crippen molar-refractivity contribution in [3.05, 3.63) is 42.4 Å². The molecule has 4 rings (SSSR count). The van der Waals surface area contributed by atoms with Crippen molar-refractivity contribution in [3.8, 4) is 11.1 Å². The molecule has 0 aromatic carbocycles. The summed E-state index contributed by atoms with van der Waals surface area (Å²) < 4.78 is 2.00. The van der Waals surface area contributed by atoms with Gasteiger partial charge in [-0.2, -0.15) is 0 Å². The van der Waals surface area contributed by atoms with Crippen molar-refractivity contribution in [2.45, 2.75) is 6.42 Å². The maximum absolute atomic E-state index is 11.8. The first-order valence-electron chi connectivity index (χ1n) is 7.30. The van der Waals surface area contributed by atoms with Crippen LogP contribution in [-0.4, -0.2) is 39.1 Å². The molecule has 0 atom stereocenters. The van der Waals surface area contributed by atoms with Crippen molar-refractivity contribution in [1.29, 1.82) is 0 Å². The third-order valence-corrected chi connectivity index (χ3v) is 4.06. The number of hydrogen-bond donors (Lipinski definition) is 1. The predicted octanol–water partition coefficient (Wildman–Crippen LogP) is 1.85. The zero-order chi connectivity index (χ0) is 17.3. The second-order valence-electron chi connectivity index (χ2n) is 5.46. The molecule has 0 radical (unpaired) electrons. The number of hydrogen-bond acceptors (Lipinski definition) is 4. The van der Waals surface area contributed by atoms with E-state index in [2.05, 4.69) is 22.1 Å². The lowest BCUT2D eigenvalue weighted by Gasteiger charge is -2.09. The highest BCUT2D eigenvalue weighted by atomic mass is 16.3. The molecule has 1 aliphatic heterocycles. The Morgan fingerprint density at radius 1 is 1.25 bits per heavy atom. The summed E-state index contributed by atoms with van der Waals surface area (Å²) >= 11 is 0. The molecular formula is C17H16N4O3. The topological polar surface area (TPSA) is 88.3 Å². The largest absolute Gasteiger partial charge is 0.483 e. The van der Waals surface area contributed by atoms with Crippen LogP contribution in [0.25, 0.3) is 22.2 Å². The van der Waals surface area contributed by atoms with Gasteiger partial charge in [-0.3, -0.25) is 14.5 Å². The third-order valence-electron chi connectivity index (χ3n) is 4.06. The van der Waals surface area contributed by atoms with Crippen molar-refractivity contribution in [1.82, 2.24) is 14.5 Å². The highest BCUT2D eigenvalue weighted by Gasteiger charge is 2.25. The molecule has 0 spiro atoms. The molecule has 1 amide bonds. The number of pyridine rings is 2. The van der Waals surface area contributed by atoms with E-state index < -0.39 is 0 Å². The van der Waals surface area contributed by atoms with Gasteiger partial charge in [0.1, 0.15) is 11.5 Å². The quantitative estimate of drug-likeness (QED) is 0.690. The third kappa shape index (κ3) is 2.50. The summed E-state index contributed by atoms with van der Waals surface area (Å²) in [7, 11) is 3.75. The van der Waals surface area contributed by atoms with Gasteiger partial charge in [0, 0.05) is 49.2 Å². The standard InChI is InChI=1S/C16H14N4O.CH2O2/c1-19-6-4-13-12(3-5-17-16(13)19)11-7-10-8-14(21)20(2)15(10)18-9-11;2-1-3/h3-7,9H,8H2,1-2H3;1H,(H,2,3). The summed E-state index contributed by atoms with van der Waals surface area (Å²) in [6.07, 6.45) is 6.06. The summed E-state index contributed by atoms with van der Waals surface area (Å²) in [5.41, 5.74) is 4.05. The number of carbonyl (C=O) groups excluding carboxylic acids is 1. The fraction of sp³-hybridized carbons (Fsp3) is 0.176. The van der Waals surface area contributed by atoms with Crippen molar-refractivity contribution < 1.29 is 14.7 Å². The van der Waals surface area contributed by atoms with Gasteiger partial charge < -0.3 is 9.67 Å². The lowest BCUT2D eigenvalue weighted by atomic mass is 10.0. The van der Waals surface area contributed by atoms with E-state index in [0.29, 0.717) is 6.42 Å². The molecule has 122 valence electrons. The van der Waals surface area contributed by atoms with Crippen LogP contribution in [0, 0.1) is 0 Å². The predicted molar refractivity (Wildman–Crippen MR) is 89.8 cm³/mol. The molecule has 0 saturated carbocycles. The van der Waals surface area contributed by atoms with Crippen LogP contribution in [0.4, 0.5) is 5.82 Å². The van der Waals surface area contributed by atoms with Crippen LogP contribution < -0.4 is 4.90 Å². The van der Waals surface area contributed by atoms with Crippen molar-refractivity contribution in [2.75, 3.05) is 11.9 Å². The average molecular weight is 324 g/mol. The molecule has 0 bridgehead atoms. The molecule has 0 saturated heterocycles. The molecule has 3 aromatic rings. The minimum Gasteiger partial charge on any atom is -0.483 e. The Labute approximate surface area is 138 Å². The normalized spacial score (nSPS) is 12.8. The second kappa shape index (κ2) is 6.11. The van der Waals surface area contributed by atoms with Gasteiger partial charge in [0.15, 0.2) is 0 Å². The number of likely N-dealkylation sites (N-methyl/N-ethyl adjacent to an activating group) is 1. The van der Waals surface area contributed by atoms with Gasteiger partial charge in [0.05, 0.1) is 6.42 Å². The number of rotatable bonds is 1. The second-order valence-corrected chi connectivity index (χ2v) is 5.46. The van der Waals surface area contributed by atoms with Gasteiger partial charge in [0.25, 0.3) is 6.47 Å². The Kier molecular flexibility index (Phi) is 3.99. The van der Waals surface area contributed by atoms with Gasteiger partial charge in [-0.05, 0) is 23.8 Å². The zero-order valence-corrected chi connectivity index (χ0v) is 13.3. The minimum absolute atomic E-state index is 0.0919. The summed E-state index contributed by atoms with van der Waals surface area (Å²) in [6, 6.07) is 6.11. The Morgan fingerprint density at radius 2 is 2.00 bits per heavy atom. The van der Waals surface area contributed by atoms with E-state index in [0.717, 1.165) is 33.5 Å². The smallest absolute Gasteiger partial charge is 0.290 e. The van der Waals surface area contributed by atoms with Gasteiger partial charge in [0.2, 0.25) is 5.91 Å². The van der Waals surface area contributed by atoms with E-state index in [4.69, 9.17) is 9.90 Å². The molecule has 24 heavy (non-hydrogen) atoms. The molecule has 4 heterocycles. The molecule has 7 heteroatoms. The van der Waals surface area contributed by atoms with Crippen LogP contribution in [-0.2, 0) is 23.1 Å². The summed E-state index contributed by atoms with van der Waals surface area (Å²) in [4.78, 5) is 30.6. The first-order valence-corrected chi connectivity index (χ1v) is 7.30. The highest BCUT2D eigenvalue weighted by Crippen LogP contribution is 2.32. The van der Waals surface area contributed by atoms with Crippen LogP contribution in [0.5, 0.6) is 0 Å². The molecule has 0 unspecified atom stereocenters. The van der Waals surface area contributed by atoms with Crippen LogP contribution in [0.3, 0.4) is 0 Å². The van der Waals surface area contributed by atoms with Crippen molar-refractivity contribution in [3.63, 3.8) is 0 Å². The van der Waals surface area contributed by atoms with Gasteiger partial charge in [-0.1, -0.05) is 0 Å². The van der Waals surface area contributed by atoms with E-state index >= 15 is 0 Å².